The van der Waals surface area contributed by atoms with Crippen LogP contribution in [0.2, 0.25) is 5.02 Å². The van der Waals surface area contributed by atoms with Crippen molar-refractivity contribution in [1.29, 1.82) is 0 Å². The van der Waals surface area contributed by atoms with Crippen molar-refractivity contribution in [1.82, 2.24) is 15.5 Å². The van der Waals surface area contributed by atoms with Gasteiger partial charge in [0.1, 0.15) is 5.02 Å². The molecule has 3 N–H and O–H groups in total. The number of hydrogen-bond acceptors (Lipinski definition) is 4. The zero-order valence-electron chi connectivity index (χ0n) is 8.92. The summed E-state index contributed by atoms with van der Waals surface area (Å²) in [5, 5.41) is 12.7. The Labute approximate surface area is 98.6 Å². The molecule has 6 heteroatoms. The zero-order valence-corrected chi connectivity index (χ0v) is 9.68. The molecule has 88 valence electrons. The number of rotatable bonds is 4. The van der Waals surface area contributed by atoms with Crippen molar-refractivity contribution >= 4 is 17.3 Å². The Bertz CT molecular complexity index is 400. The van der Waals surface area contributed by atoms with Crippen molar-refractivity contribution in [2.24, 2.45) is 0 Å². The Balaban J connectivity index is 1.84. The summed E-state index contributed by atoms with van der Waals surface area (Å²) in [6.07, 6.45) is 5.04. The van der Waals surface area contributed by atoms with Gasteiger partial charge in [0, 0.05) is 12.6 Å². The minimum absolute atomic E-state index is 0.175. The van der Waals surface area contributed by atoms with Gasteiger partial charge in [0.05, 0.1) is 11.9 Å². The van der Waals surface area contributed by atoms with Gasteiger partial charge in [-0.05, 0) is 25.8 Å². The third kappa shape index (κ3) is 2.74. The van der Waals surface area contributed by atoms with Crippen molar-refractivity contribution in [2.75, 3.05) is 18.4 Å². The number of nitrogens with zero attached hydrogens (tertiary/aromatic N) is 1. The summed E-state index contributed by atoms with van der Waals surface area (Å²) >= 11 is 5.83. The molecule has 0 spiro atoms. The lowest BCUT2D eigenvalue weighted by molar-refractivity contribution is 0.574. The molecule has 1 atom stereocenters. The number of halogens is 1. The first-order valence-electron chi connectivity index (χ1n) is 5.48. The SMILES string of the molecule is O=c1[nH]ncc(NCCC2CCCN2)c1Cl. The molecule has 0 aromatic carbocycles. The van der Waals surface area contributed by atoms with Gasteiger partial charge in [-0.3, -0.25) is 4.79 Å². The van der Waals surface area contributed by atoms with Gasteiger partial charge in [0.25, 0.3) is 5.56 Å². The Morgan fingerprint density at radius 1 is 1.62 bits per heavy atom. The van der Waals surface area contributed by atoms with E-state index in [1.165, 1.54) is 19.0 Å². The summed E-state index contributed by atoms with van der Waals surface area (Å²) in [6, 6.07) is 0.584. The predicted octanol–water partition coefficient (Wildman–Crippen LogP) is 0.977. The summed E-state index contributed by atoms with van der Waals surface area (Å²) in [5.74, 6) is 0. The highest BCUT2D eigenvalue weighted by molar-refractivity contribution is 6.32. The van der Waals surface area contributed by atoms with E-state index in [1.807, 2.05) is 0 Å². The number of anilines is 1. The van der Waals surface area contributed by atoms with Crippen LogP contribution in [0.5, 0.6) is 0 Å². The van der Waals surface area contributed by atoms with E-state index in [-0.39, 0.29) is 10.6 Å². The normalized spacial score (nSPS) is 19.9. The second-order valence-corrected chi connectivity index (χ2v) is 4.31. The van der Waals surface area contributed by atoms with Crippen molar-refractivity contribution in [3.63, 3.8) is 0 Å². The monoisotopic (exact) mass is 242 g/mol. The molecule has 1 fully saturated rings. The van der Waals surface area contributed by atoms with Crippen LogP contribution in [0.15, 0.2) is 11.0 Å². The molecular formula is C10H15ClN4O. The fourth-order valence-corrected chi connectivity index (χ4v) is 2.05. The highest BCUT2D eigenvalue weighted by atomic mass is 35.5. The fourth-order valence-electron chi connectivity index (χ4n) is 1.89. The molecule has 0 bridgehead atoms. The zero-order chi connectivity index (χ0) is 11.4. The summed E-state index contributed by atoms with van der Waals surface area (Å²) in [4.78, 5) is 11.2. The van der Waals surface area contributed by atoms with Crippen LogP contribution < -0.4 is 16.2 Å². The molecule has 1 unspecified atom stereocenters. The molecule has 0 aliphatic carbocycles. The van der Waals surface area contributed by atoms with Crippen LogP contribution in [0.25, 0.3) is 0 Å². The lowest BCUT2D eigenvalue weighted by Gasteiger charge is -2.11. The predicted molar refractivity (Wildman–Crippen MR) is 64.0 cm³/mol. The average molecular weight is 243 g/mol. The Morgan fingerprint density at radius 3 is 3.25 bits per heavy atom. The molecule has 0 amide bonds. The molecule has 1 aliphatic heterocycles. The summed E-state index contributed by atoms with van der Waals surface area (Å²) in [7, 11) is 0. The number of H-pyrrole nitrogens is 1. The molecule has 1 aromatic heterocycles. The van der Waals surface area contributed by atoms with Crippen LogP contribution in [0.1, 0.15) is 19.3 Å². The summed E-state index contributed by atoms with van der Waals surface area (Å²) in [5.41, 5.74) is 0.245. The lowest BCUT2D eigenvalue weighted by atomic mass is 10.1. The van der Waals surface area contributed by atoms with E-state index < -0.39 is 0 Å². The maximum absolute atomic E-state index is 11.2. The molecule has 16 heavy (non-hydrogen) atoms. The van der Waals surface area contributed by atoms with E-state index in [9.17, 15) is 4.79 Å². The van der Waals surface area contributed by atoms with Crippen molar-refractivity contribution in [3.8, 4) is 0 Å². The second kappa shape index (κ2) is 5.32. The van der Waals surface area contributed by atoms with Crippen molar-refractivity contribution in [3.05, 3.63) is 21.6 Å². The third-order valence-corrected chi connectivity index (χ3v) is 3.14. The van der Waals surface area contributed by atoms with Crippen molar-refractivity contribution in [2.45, 2.75) is 25.3 Å². The van der Waals surface area contributed by atoms with E-state index >= 15 is 0 Å². The van der Waals surface area contributed by atoms with Gasteiger partial charge in [-0.25, -0.2) is 5.10 Å². The Morgan fingerprint density at radius 2 is 2.50 bits per heavy atom. The van der Waals surface area contributed by atoms with E-state index in [2.05, 4.69) is 20.8 Å². The van der Waals surface area contributed by atoms with E-state index in [0.29, 0.717) is 11.7 Å². The maximum Gasteiger partial charge on any atom is 0.285 e. The lowest BCUT2D eigenvalue weighted by Crippen LogP contribution is -2.24. The average Bonchev–Trinajstić information content (AvgIpc) is 2.77. The minimum atomic E-state index is -0.356. The van der Waals surface area contributed by atoms with Gasteiger partial charge in [-0.1, -0.05) is 11.6 Å². The van der Waals surface area contributed by atoms with Crippen LogP contribution in [-0.2, 0) is 0 Å². The summed E-state index contributed by atoms with van der Waals surface area (Å²) < 4.78 is 0. The molecule has 0 saturated carbocycles. The molecular weight excluding hydrogens is 228 g/mol. The van der Waals surface area contributed by atoms with Gasteiger partial charge >= 0.3 is 0 Å². The molecule has 2 heterocycles. The van der Waals surface area contributed by atoms with Crippen LogP contribution in [0.4, 0.5) is 5.69 Å². The first-order valence-corrected chi connectivity index (χ1v) is 5.85. The van der Waals surface area contributed by atoms with Crippen LogP contribution in [-0.4, -0.2) is 29.3 Å². The standard InChI is InChI=1S/C10H15ClN4O/c11-9-8(6-14-15-10(9)16)13-5-3-7-2-1-4-12-7/h6-7,12H,1-5H2,(H2,13,15,16). The number of hydrogen-bond donors (Lipinski definition) is 3. The molecule has 1 aliphatic rings. The molecule has 5 nitrogen and oxygen atoms in total. The third-order valence-electron chi connectivity index (χ3n) is 2.77. The van der Waals surface area contributed by atoms with Crippen LogP contribution in [0.3, 0.4) is 0 Å². The smallest absolute Gasteiger partial charge is 0.285 e. The molecule has 1 saturated heterocycles. The van der Waals surface area contributed by atoms with Gasteiger partial charge in [-0.15, -0.1) is 0 Å². The van der Waals surface area contributed by atoms with E-state index in [0.717, 1.165) is 19.5 Å². The number of aromatic nitrogens is 2. The minimum Gasteiger partial charge on any atom is -0.382 e. The van der Waals surface area contributed by atoms with E-state index in [1.54, 1.807) is 0 Å². The highest BCUT2D eigenvalue weighted by Gasteiger charge is 2.13. The highest BCUT2D eigenvalue weighted by Crippen LogP contribution is 2.15. The maximum atomic E-state index is 11.2. The van der Waals surface area contributed by atoms with Gasteiger partial charge in [0.2, 0.25) is 0 Å². The van der Waals surface area contributed by atoms with Gasteiger partial charge in [-0.2, -0.15) is 5.10 Å². The summed E-state index contributed by atoms with van der Waals surface area (Å²) in [6.45, 7) is 1.90. The molecule has 2 rings (SSSR count). The van der Waals surface area contributed by atoms with Gasteiger partial charge < -0.3 is 10.6 Å². The first-order chi connectivity index (χ1) is 7.77. The number of nitrogens with one attached hydrogen (secondary N) is 3. The first kappa shape index (κ1) is 11.4. The number of aromatic amines is 1. The molecule has 0 radical (unpaired) electrons. The van der Waals surface area contributed by atoms with E-state index in [4.69, 9.17) is 11.6 Å². The second-order valence-electron chi connectivity index (χ2n) is 3.94. The Kier molecular flexibility index (Phi) is 3.79. The van der Waals surface area contributed by atoms with Gasteiger partial charge in [0.15, 0.2) is 0 Å². The topological polar surface area (TPSA) is 69.8 Å². The largest absolute Gasteiger partial charge is 0.382 e. The Hall–Kier alpha value is -1.07. The van der Waals surface area contributed by atoms with Crippen molar-refractivity contribution < 1.29 is 0 Å². The quantitative estimate of drug-likeness (QED) is 0.736. The fraction of sp³-hybridized carbons (Fsp3) is 0.600. The molecule has 1 aromatic rings. The van der Waals surface area contributed by atoms with Crippen LogP contribution in [0, 0.1) is 0 Å². The van der Waals surface area contributed by atoms with Crippen LogP contribution >= 0.6 is 11.6 Å².